The first-order chi connectivity index (χ1) is 8.29. The van der Waals surface area contributed by atoms with Crippen molar-refractivity contribution in [3.63, 3.8) is 0 Å². The third-order valence-corrected chi connectivity index (χ3v) is 2.89. The molecular weight excluding hydrogens is 398 g/mol. The van der Waals surface area contributed by atoms with E-state index in [4.69, 9.17) is 0 Å². The summed E-state index contributed by atoms with van der Waals surface area (Å²) in [6, 6.07) is 13.8. The summed E-state index contributed by atoms with van der Waals surface area (Å²) in [4.78, 5) is 4.37. The van der Waals surface area contributed by atoms with Crippen LogP contribution < -0.4 is 0 Å². The minimum Gasteiger partial charge on any atom is -0.305 e. The molecule has 0 aliphatic heterocycles. The summed E-state index contributed by atoms with van der Waals surface area (Å²) in [7, 11) is 0. The fourth-order valence-corrected chi connectivity index (χ4v) is 1.84. The Morgan fingerprint density at radius 2 is 2.06 bits per heavy atom. The first-order valence-corrected chi connectivity index (χ1v) is 6.23. The SMILES string of the molecule is CCCCc1c[c-]c(-c2cc(C)ccn2)cc1.[Ir]. The zero-order valence-corrected chi connectivity index (χ0v) is 13.3. The molecule has 0 spiro atoms. The predicted molar refractivity (Wildman–Crippen MR) is 71.9 cm³/mol. The molecule has 1 aromatic carbocycles. The Morgan fingerprint density at radius 3 is 2.67 bits per heavy atom. The van der Waals surface area contributed by atoms with Gasteiger partial charge in [0.15, 0.2) is 0 Å². The van der Waals surface area contributed by atoms with Crippen molar-refractivity contribution in [1.82, 2.24) is 4.98 Å². The molecule has 1 aromatic heterocycles. The number of hydrogen-bond acceptors (Lipinski definition) is 1. The van der Waals surface area contributed by atoms with Crippen molar-refractivity contribution in [2.45, 2.75) is 33.1 Å². The van der Waals surface area contributed by atoms with Crippen LogP contribution >= 0.6 is 0 Å². The molecule has 97 valence electrons. The van der Waals surface area contributed by atoms with Crippen LogP contribution in [0.3, 0.4) is 0 Å². The number of rotatable bonds is 4. The Hall–Kier alpha value is -0.981. The van der Waals surface area contributed by atoms with Crippen molar-refractivity contribution in [2.24, 2.45) is 0 Å². The number of unbranched alkanes of at least 4 members (excludes halogenated alkanes) is 1. The van der Waals surface area contributed by atoms with Crippen LogP contribution in [-0.2, 0) is 26.5 Å². The van der Waals surface area contributed by atoms with Crippen LogP contribution in [0.4, 0.5) is 0 Å². The van der Waals surface area contributed by atoms with E-state index in [1.165, 1.54) is 24.0 Å². The first kappa shape index (κ1) is 15.1. The Kier molecular flexibility index (Phi) is 6.24. The van der Waals surface area contributed by atoms with Crippen LogP contribution in [0, 0.1) is 13.0 Å². The summed E-state index contributed by atoms with van der Waals surface area (Å²) in [6.45, 7) is 4.30. The van der Waals surface area contributed by atoms with Crippen molar-refractivity contribution >= 4 is 0 Å². The van der Waals surface area contributed by atoms with E-state index in [0.29, 0.717) is 0 Å². The number of aryl methyl sites for hydroxylation is 2. The van der Waals surface area contributed by atoms with Crippen molar-refractivity contribution in [2.75, 3.05) is 0 Å². The molecule has 0 unspecified atom stereocenters. The number of aromatic nitrogens is 1. The maximum Gasteiger partial charge on any atom is 0.0163 e. The van der Waals surface area contributed by atoms with Crippen molar-refractivity contribution in [3.05, 3.63) is 53.7 Å². The van der Waals surface area contributed by atoms with Gasteiger partial charge in [-0.1, -0.05) is 37.8 Å². The summed E-state index contributed by atoms with van der Waals surface area (Å²) in [5, 5.41) is 0. The monoisotopic (exact) mass is 417 g/mol. The molecule has 18 heavy (non-hydrogen) atoms. The van der Waals surface area contributed by atoms with Gasteiger partial charge in [0.1, 0.15) is 0 Å². The van der Waals surface area contributed by atoms with E-state index >= 15 is 0 Å². The number of nitrogens with zero attached hydrogens (tertiary/aromatic N) is 1. The molecule has 1 nitrogen and oxygen atoms in total. The molecule has 0 saturated carbocycles. The van der Waals surface area contributed by atoms with Crippen LogP contribution in [0.1, 0.15) is 30.9 Å². The van der Waals surface area contributed by atoms with Crippen LogP contribution in [0.2, 0.25) is 0 Å². The summed E-state index contributed by atoms with van der Waals surface area (Å²) in [6.07, 6.45) is 5.48. The number of pyridine rings is 1. The second-order valence-corrected chi connectivity index (χ2v) is 4.43. The maximum atomic E-state index is 4.37. The van der Waals surface area contributed by atoms with Gasteiger partial charge in [-0.3, -0.25) is 0 Å². The molecule has 0 saturated heterocycles. The average Bonchev–Trinajstić information content (AvgIpc) is 2.37. The number of benzene rings is 1. The summed E-state index contributed by atoms with van der Waals surface area (Å²) >= 11 is 0. The van der Waals surface area contributed by atoms with E-state index < -0.39 is 0 Å². The topological polar surface area (TPSA) is 12.9 Å². The summed E-state index contributed by atoms with van der Waals surface area (Å²) in [5.41, 5.74) is 4.68. The zero-order valence-electron chi connectivity index (χ0n) is 10.9. The molecule has 0 aliphatic carbocycles. The molecule has 0 aliphatic rings. The molecule has 2 heteroatoms. The molecular formula is C16H18IrN-. The largest absolute Gasteiger partial charge is 0.305 e. The summed E-state index contributed by atoms with van der Waals surface area (Å²) < 4.78 is 0. The van der Waals surface area contributed by atoms with Gasteiger partial charge in [0.25, 0.3) is 0 Å². The van der Waals surface area contributed by atoms with E-state index in [1.54, 1.807) is 0 Å². The number of hydrogen-bond donors (Lipinski definition) is 0. The second-order valence-electron chi connectivity index (χ2n) is 4.43. The maximum absolute atomic E-state index is 4.37. The van der Waals surface area contributed by atoms with Crippen LogP contribution in [0.15, 0.2) is 36.5 Å². The van der Waals surface area contributed by atoms with Gasteiger partial charge in [0.2, 0.25) is 0 Å². The van der Waals surface area contributed by atoms with Crippen LogP contribution in [0.5, 0.6) is 0 Å². The van der Waals surface area contributed by atoms with Crippen LogP contribution in [-0.4, -0.2) is 4.98 Å². The minimum atomic E-state index is 0. The van der Waals surface area contributed by atoms with E-state index in [-0.39, 0.29) is 20.1 Å². The Labute approximate surface area is 123 Å². The van der Waals surface area contributed by atoms with Gasteiger partial charge in [0.05, 0.1) is 0 Å². The third-order valence-electron chi connectivity index (χ3n) is 2.89. The predicted octanol–water partition coefficient (Wildman–Crippen LogP) is 4.20. The third kappa shape index (κ3) is 4.04. The van der Waals surface area contributed by atoms with Crippen molar-refractivity contribution < 1.29 is 20.1 Å². The van der Waals surface area contributed by atoms with Crippen molar-refractivity contribution in [1.29, 1.82) is 0 Å². The molecule has 1 radical (unpaired) electrons. The molecule has 0 fully saturated rings. The van der Waals surface area contributed by atoms with Gasteiger partial charge in [-0.25, -0.2) is 0 Å². The minimum absolute atomic E-state index is 0. The Bertz CT molecular complexity index is 477. The molecule has 2 aromatic rings. The van der Waals surface area contributed by atoms with E-state index in [0.717, 1.165) is 17.7 Å². The molecule has 0 amide bonds. The van der Waals surface area contributed by atoms with Gasteiger partial charge in [0, 0.05) is 26.3 Å². The van der Waals surface area contributed by atoms with Gasteiger partial charge < -0.3 is 4.98 Å². The molecule has 0 atom stereocenters. The normalized spacial score (nSPS) is 9.89. The van der Waals surface area contributed by atoms with Crippen LogP contribution in [0.25, 0.3) is 11.3 Å². The fourth-order valence-electron chi connectivity index (χ4n) is 1.84. The molecule has 2 rings (SSSR count). The second kappa shape index (κ2) is 7.45. The molecule has 1 heterocycles. The Morgan fingerprint density at radius 1 is 1.22 bits per heavy atom. The van der Waals surface area contributed by atoms with E-state index in [2.05, 4.69) is 49.2 Å². The average molecular weight is 417 g/mol. The molecule has 0 N–H and O–H groups in total. The summed E-state index contributed by atoms with van der Waals surface area (Å²) in [5.74, 6) is 0. The van der Waals surface area contributed by atoms with Crippen molar-refractivity contribution in [3.8, 4) is 11.3 Å². The zero-order chi connectivity index (χ0) is 12.1. The van der Waals surface area contributed by atoms with Gasteiger partial charge in [-0.15, -0.1) is 35.4 Å². The quantitative estimate of drug-likeness (QED) is 0.681. The smallest absolute Gasteiger partial charge is 0.0163 e. The van der Waals surface area contributed by atoms with E-state index in [1.807, 2.05) is 12.3 Å². The van der Waals surface area contributed by atoms with Gasteiger partial charge >= 0.3 is 0 Å². The molecule has 0 bridgehead atoms. The Balaban J connectivity index is 0.00000162. The standard InChI is InChI=1S/C16H18N.Ir/c1-3-4-5-14-6-8-15(9-7-14)16-12-13(2)10-11-17-16;/h6-8,10-12H,3-5H2,1-2H3;/q-1;. The van der Waals surface area contributed by atoms with E-state index in [9.17, 15) is 0 Å². The first-order valence-electron chi connectivity index (χ1n) is 6.23. The fraction of sp³-hybridized carbons (Fsp3) is 0.312. The van der Waals surface area contributed by atoms with Gasteiger partial charge in [-0.2, -0.15) is 0 Å². The van der Waals surface area contributed by atoms with Gasteiger partial charge in [-0.05, 0) is 18.7 Å².